The zero-order valence-electron chi connectivity index (χ0n) is 11.3. The summed E-state index contributed by atoms with van der Waals surface area (Å²) in [6, 6.07) is 1.38. The molecule has 1 amide bonds. The van der Waals surface area contributed by atoms with Crippen LogP contribution in [0.3, 0.4) is 0 Å². The molecule has 2 heterocycles. The minimum atomic E-state index is -1.21. The smallest absolute Gasteiger partial charge is 0.339 e. The van der Waals surface area contributed by atoms with E-state index >= 15 is 0 Å². The molecule has 0 radical (unpaired) electrons. The minimum Gasteiger partial charge on any atom is -0.478 e. The predicted molar refractivity (Wildman–Crippen MR) is 74.1 cm³/mol. The van der Waals surface area contributed by atoms with E-state index in [1.807, 2.05) is 13.8 Å². The number of aliphatic imine (C=N–C) groups is 1. The first-order valence-electron chi connectivity index (χ1n) is 6.07. The summed E-state index contributed by atoms with van der Waals surface area (Å²) < 4.78 is 0. The maximum Gasteiger partial charge on any atom is 0.339 e. The van der Waals surface area contributed by atoms with E-state index in [9.17, 15) is 14.7 Å². The van der Waals surface area contributed by atoms with Gasteiger partial charge in [0.2, 0.25) is 0 Å². The number of hydrogen-bond acceptors (Lipinski definition) is 4. The van der Waals surface area contributed by atoms with Gasteiger partial charge < -0.3 is 10.4 Å². The Balaban J connectivity index is 2.51. The van der Waals surface area contributed by atoms with Crippen molar-refractivity contribution in [2.45, 2.75) is 26.3 Å². The van der Waals surface area contributed by atoms with Crippen LogP contribution < -0.4 is 5.32 Å². The quantitative estimate of drug-likeness (QED) is 0.886. The zero-order valence-corrected chi connectivity index (χ0v) is 12.0. The number of carboxylic acids is 1. The van der Waals surface area contributed by atoms with Crippen LogP contribution in [-0.2, 0) is 4.79 Å². The average Bonchev–Trinajstić information content (AvgIpc) is 2.66. The molecule has 0 aromatic carbocycles. The number of carbonyl (C=O) groups excluding carboxylic acids is 1. The van der Waals surface area contributed by atoms with Crippen LogP contribution in [0.2, 0.25) is 5.02 Å². The van der Waals surface area contributed by atoms with Crippen molar-refractivity contribution in [1.29, 1.82) is 0 Å². The van der Waals surface area contributed by atoms with Gasteiger partial charge in [0.15, 0.2) is 5.84 Å². The first-order valence-corrected chi connectivity index (χ1v) is 6.44. The summed E-state index contributed by atoms with van der Waals surface area (Å²) in [5.74, 6) is -1.43. The van der Waals surface area contributed by atoms with Crippen LogP contribution in [0.15, 0.2) is 17.3 Å². The van der Waals surface area contributed by atoms with Gasteiger partial charge in [-0.2, -0.15) is 4.99 Å². The van der Waals surface area contributed by atoms with E-state index < -0.39 is 11.5 Å². The van der Waals surface area contributed by atoms with Gasteiger partial charge in [-0.1, -0.05) is 25.4 Å². The number of amidine groups is 1. The van der Waals surface area contributed by atoms with Crippen molar-refractivity contribution in [2.24, 2.45) is 10.9 Å². The number of carbonyl (C=O) groups is 2. The Labute approximate surface area is 120 Å². The molecule has 1 aromatic rings. The molecule has 0 fully saturated rings. The monoisotopic (exact) mass is 295 g/mol. The molecule has 0 bridgehead atoms. The lowest BCUT2D eigenvalue weighted by Crippen LogP contribution is -2.50. The van der Waals surface area contributed by atoms with E-state index in [0.29, 0.717) is 0 Å². The molecule has 20 heavy (non-hydrogen) atoms. The van der Waals surface area contributed by atoms with Crippen LogP contribution in [0.4, 0.5) is 0 Å². The Morgan fingerprint density at radius 3 is 2.65 bits per heavy atom. The van der Waals surface area contributed by atoms with Crippen molar-refractivity contribution in [3.8, 4) is 0 Å². The van der Waals surface area contributed by atoms with Gasteiger partial charge in [-0.15, -0.1) is 0 Å². The SMILES string of the molecule is CC(C)C1(C)NC(c2nccc(Cl)c2C(=O)O)=NC1=O. The second-order valence-electron chi connectivity index (χ2n) is 5.07. The third-order valence-corrected chi connectivity index (χ3v) is 3.84. The third kappa shape index (κ3) is 2.16. The first kappa shape index (κ1) is 14.5. The number of pyridine rings is 1. The molecule has 0 spiro atoms. The molecule has 1 aromatic heterocycles. The van der Waals surface area contributed by atoms with Crippen molar-refractivity contribution in [1.82, 2.24) is 10.3 Å². The summed E-state index contributed by atoms with van der Waals surface area (Å²) >= 11 is 5.88. The number of hydrogen-bond donors (Lipinski definition) is 2. The van der Waals surface area contributed by atoms with Gasteiger partial charge in [0.25, 0.3) is 5.91 Å². The van der Waals surface area contributed by atoms with E-state index in [1.54, 1.807) is 6.92 Å². The molecule has 2 N–H and O–H groups in total. The van der Waals surface area contributed by atoms with E-state index in [1.165, 1.54) is 12.3 Å². The summed E-state index contributed by atoms with van der Waals surface area (Å²) in [6.45, 7) is 5.49. The molecule has 1 unspecified atom stereocenters. The highest BCUT2D eigenvalue weighted by Gasteiger charge is 2.43. The van der Waals surface area contributed by atoms with Gasteiger partial charge in [0, 0.05) is 6.20 Å². The molecule has 1 atom stereocenters. The van der Waals surface area contributed by atoms with Crippen molar-refractivity contribution in [3.05, 3.63) is 28.5 Å². The van der Waals surface area contributed by atoms with Crippen molar-refractivity contribution in [3.63, 3.8) is 0 Å². The molecular formula is C13H14ClN3O3. The second kappa shape index (κ2) is 4.86. The van der Waals surface area contributed by atoms with Crippen molar-refractivity contribution < 1.29 is 14.7 Å². The molecule has 1 aliphatic rings. The summed E-state index contributed by atoms with van der Waals surface area (Å²) in [6.07, 6.45) is 1.38. The molecule has 0 aliphatic carbocycles. The van der Waals surface area contributed by atoms with Crippen LogP contribution in [0.1, 0.15) is 36.8 Å². The predicted octanol–water partition coefficient (Wildman–Crippen LogP) is 1.72. The maximum absolute atomic E-state index is 12.0. The largest absolute Gasteiger partial charge is 0.478 e. The second-order valence-corrected chi connectivity index (χ2v) is 5.48. The van der Waals surface area contributed by atoms with Gasteiger partial charge >= 0.3 is 5.97 Å². The standard InChI is InChI=1S/C13H14ClN3O3/c1-6(2)13(3)12(20)16-10(17-13)9-8(11(18)19)7(14)4-5-15-9/h4-6H,1-3H3,(H,18,19)(H,16,17,20). The number of aromatic nitrogens is 1. The Kier molecular flexibility index (Phi) is 3.52. The van der Waals surface area contributed by atoms with Crippen molar-refractivity contribution >= 4 is 29.3 Å². The van der Waals surface area contributed by atoms with Gasteiger partial charge in [-0.3, -0.25) is 9.78 Å². The summed E-state index contributed by atoms with van der Waals surface area (Å²) in [7, 11) is 0. The molecule has 7 heteroatoms. The number of nitrogens with one attached hydrogen (secondary N) is 1. The molecular weight excluding hydrogens is 282 g/mol. The summed E-state index contributed by atoms with van der Waals surface area (Å²) in [5, 5.41) is 12.2. The lowest BCUT2D eigenvalue weighted by Gasteiger charge is -2.27. The summed E-state index contributed by atoms with van der Waals surface area (Å²) in [4.78, 5) is 31.2. The van der Waals surface area contributed by atoms with Crippen LogP contribution in [-0.4, -0.2) is 33.3 Å². The Morgan fingerprint density at radius 1 is 1.50 bits per heavy atom. The highest BCUT2D eigenvalue weighted by atomic mass is 35.5. The number of halogens is 1. The van der Waals surface area contributed by atoms with Crippen LogP contribution in [0.5, 0.6) is 0 Å². The Morgan fingerprint density at radius 2 is 2.15 bits per heavy atom. The van der Waals surface area contributed by atoms with E-state index in [0.717, 1.165) is 0 Å². The number of carboxylic acid groups (broad SMARTS) is 1. The average molecular weight is 296 g/mol. The lowest BCUT2D eigenvalue weighted by atomic mass is 9.88. The molecule has 6 nitrogen and oxygen atoms in total. The van der Waals surface area contributed by atoms with Crippen LogP contribution >= 0.6 is 11.6 Å². The molecule has 0 saturated heterocycles. The van der Waals surface area contributed by atoms with Gasteiger partial charge in [-0.05, 0) is 18.9 Å². The van der Waals surface area contributed by atoms with Gasteiger partial charge in [0.1, 0.15) is 16.8 Å². The fourth-order valence-corrected chi connectivity index (χ4v) is 2.10. The number of amides is 1. The van der Waals surface area contributed by atoms with Crippen LogP contribution in [0, 0.1) is 5.92 Å². The van der Waals surface area contributed by atoms with E-state index in [2.05, 4.69) is 15.3 Å². The fraction of sp³-hybridized carbons (Fsp3) is 0.385. The highest BCUT2D eigenvalue weighted by molar-refractivity contribution is 6.34. The van der Waals surface area contributed by atoms with Gasteiger partial charge in [-0.25, -0.2) is 4.79 Å². The molecule has 0 saturated carbocycles. The maximum atomic E-state index is 12.0. The zero-order chi connectivity index (χ0) is 15.1. The normalized spacial score (nSPS) is 21.9. The van der Waals surface area contributed by atoms with Crippen LogP contribution in [0.25, 0.3) is 0 Å². The Hall–Kier alpha value is -1.95. The molecule has 106 valence electrons. The fourth-order valence-electron chi connectivity index (χ4n) is 1.87. The molecule has 2 rings (SSSR count). The highest BCUT2D eigenvalue weighted by Crippen LogP contribution is 2.26. The third-order valence-electron chi connectivity index (χ3n) is 3.53. The van der Waals surface area contributed by atoms with E-state index in [4.69, 9.17) is 11.6 Å². The van der Waals surface area contributed by atoms with E-state index in [-0.39, 0.29) is 33.9 Å². The lowest BCUT2D eigenvalue weighted by molar-refractivity contribution is -0.123. The number of rotatable bonds is 3. The van der Waals surface area contributed by atoms with Gasteiger partial charge in [0.05, 0.1) is 5.02 Å². The topological polar surface area (TPSA) is 91.7 Å². The minimum absolute atomic E-state index is 0.0105. The number of aromatic carboxylic acids is 1. The van der Waals surface area contributed by atoms with Crippen molar-refractivity contribution in [2.75, 3.05) is 0 Å². The summed E-state index contributed by atoms with van der Waals surface area (Å²) in [5.41, 5.74) is -0.960. The first-order chi connectivity index (χ1) is 9.27. The molecule has 1 aliphatic heterocycles. The number of nitrogens with zero attached hydrogens (tertiary/aromatic N) is 2. The Bertz CT molecular complexity index is 627.